The Kier molecular flexibility index (Phi) is 5.64. The van der Waals surface area contributed by atoms with Gasteiger partial charge >= 0.3 is 6.18 Å². The summed E-state index contributed by atoms with van der Waals surface area (Å²) in [4.78, 5) is 12.3. The SMILES string of the molecule is CCC(C(=O)NCC1CNCC1O)c1cccc(C(F)(F)F)c1. The Morgan fingerprint density at radius 3 is 2.74 bits per heavy atom. The fourth-order valence-corrected chi connectivity index (χ4v) is 2.79. The van der Waals surface area contributed by atoms with E-state index < -0.39 is 23.8 Å². The lowest BCUT2D eigenvalue weighted by molar-refractivity contribution is -0.137. The fraction of sp³-hybridized carbons (Fsp3) is 0.562. The maximum absolute atomic E-state index is 12.8. The molecule has 0 aromatic heterocycles. The van der Waals surface area contributed by atoms with Crippen LogP contribution in [0.4, 0.5) is 13.2 Å². The molecule has 1 aliphatic rings. The van der Waals surface area contributed by atoms with Crippen LogP contribution in [0.25, 0.3) is 0 Å². The third-order valence-corrected chi connectivity index (χ3v) is 4.18. The number of halogens is 3. The molecule has 0 saturated carbocycles. The van der Waals surface area contributed by atoms with Crippen LogP contribution >= 0.6 is 0 Å². The van der Waals surface area contributed by atoms with Gasteiger partial charge in [-0.15, -0.1) is 0 Å². The molecule has 1 aromatic carbocycles. The number of amides is 1. The third-order valence-electron chi connectivity index (χ3n) is 4.18. The second kappa shape index (κ2) is 7.31. The number of hydrogen-bond donors (Lipinski definition) is 3. The van der Waals surface area contributed by atoms with Crippen molar-refractivity contribution in [2.24, 2.45) is 5.92 Å². The summed E-state index contributed by atoms with van der Waals surface area (Å²) in [5, 5.41) is 15.5. The van der Waals surface area contributed by atoms with Crippen molar-refractivity contribution in [3.05, 3.63) is 35.4 Å². The van der Waals surface area contributed by atoms with Crippen LogP contribution < -0.4 is 10.6 Å². The molecule has 3 atom stereocenters. The predicted molar refractivity (Wildman–Crippen MR) is 79.9 cm³/mol. The molecular weight excluding hydrogens is 309 g/mol. The molecule has 1 heterocycles. The monoisotopic (exact) mass is 330 g/mol. The minimum Gasteiger partial charge on any atom is -0.391 e. The summed E-state index contributed by atoms with van der Waals surface area (Å²) in [7, 11) is 0. The molecule has 4 nitrogen and oxygen atoms in total. The summed E-state index contributed by atoms with van der Waals surface area (Å²) >= 11 is 0. The molecule has 1 fully saturated rings. The van der Waals surface area contributed by atoms with Gasteiger partial charge in [0.1, 0.15) is 0 Å². The lowest BCUT2D eigenvalue weighted by Gasteiger charge is -2.19. The maximum atomic E-state index is 12.8. The Labute approximate surface area is 133 Å². The molecule has 1 saturated heterocycles. The number of hydrogen-bond acceptors (Lipinski definition) is 3. The number of carbonyl (C=O) groups excluding carboxylic acids is 1. The molecule has 1 aliphatic heterocycles. The molecular formula is C16H21F3N2O2. The van der Waals surface area contributed by atoms with Crippen LogP contribution in [-0.2, 0) is 11.0 Å². The Bertz CT molecular complexity index is 548. The van der Waals surface area contributed by atoms with Gasteiger partial charge in [-0.1, -0.05) is 25.1 Å². The highest BCUT2D eigenvalue weighted by molar-refractivity contribution is 5.83. The first kappa shape index (κ1) is 17.7. The number of aliphatic hydroxyl groups is 1. The second-order valence-corrected chi connectivity index (χ2v) is 5.81. The van der Waals surface area contributed by atoms with Crippen molar-refractivity contribution in [2.75, 3.05) is 19.6 Å². The third kappa shape index (κ3) is 4.45. The van der Waals surface area contributed by atoms with Gasteiger partial charge in [-0.25, -0.2) is 0 Å². The van der Waals surface area contributed by atoms with Crippen molar-refractivity contribution in [1.82, 2.24) is 10.6 Å². The van der Waals surface area contributed by atoms with Gasteiger partial charge in [-0.05, 0) is 18.1 Å². The number of aliphatic hydroxyl groups excluding tert-OH is 1. The molecule has 0 bridgehead atoms. The number of alkyl halides is 3. The predicted octanol–water partition coefficient (Wildman–Crippen LogP) is 1.90. The van der Waals surface area contributed by atoms with Gasteiger partial charge < -0.3 is 15.7 Å². The lowest BCUT2D eigenvalue weighted by atomic mass is 9.93. The summed E-state index contributed by atoms with van der Waals surface area (Å²) in [6.45, 7) is 3.17. The molecule has 0 spiro atoms. The number of β-amino-alcohol motifs (C(OH)–C–C–N with tert-alkyl or cyclic N) is 1. The normalized spacial score (nSPS) is 22.8. The number of rotatable bonds is 5. The first-order chi connectivity index (χ1) is 10.8. The summed E-state index contributed by atoms with van der Waals surface area (Å²) < 4.78 is 38.4. The van der Waals surface area contributed by atoms with Gasteiger partial charge in [0, 0.05) is 25.6 Å². The molecule has 3 N–H and O–H groups in total. The zero-order valence-electron chi connectivity index (χ0n) is 12.9. The molecule has 2 rings (SSSR count). The smallest absolute Gasteiger partial charge is 0.391 e. The standard InChI is InChI=1S/C16H21F3N2O2/c1-2-13(10-4-3-5-12(6-10)16(17,18)19)15(23)21-8-11-7-20-9-14(11)22/h3-6,11,13-14,20,22H,2,7-9H2,1H3,(H,21,23). The number of benzene rings is 1. The largest absolute Gasteiger partial charge is 0.416 e. The van der Waals surface area contributed by atoms with E-state index in [0.29, 0.717) is 31.6 Å². The van der Waals surface area contributed by atoms with Gasteiger partial charge in [-0.3, -0.25) is 4.79 Å². The van der Waals surface area contributed by atoms with E-state index in [1.54, 1.807) is 6.92 Å². The van der Waals surface area contributed by atoms with Crippen LogP contribution in [0.1, 0.15) is 30.4 Å². The Morgan fingerprint density at radius 1 is 1.43 bits per heavy atom. The van der Waals surface area contributed by atoms with Gasteiger partial charge in [0.2, 0.25) is 5.91 Å². The van der Waals surface area contributed by atoms with Crippen molar-refractivity contribution in [2.45, 2.75) is 31.5 Å². The van der Waals surface area contributed by atoms with E-state index in [1.807, 2.05) is 0 Å². The number of carbonyl (C=O) groups is 1. The van der Waals surface area contributed by atoms with E-state index in [9.17, 15) is 23.1 Å². The molecule has 7 heteroatoms. The lowest BCUT2D eigenvalue weighted by Crippen LogP contribution is -2.37. The average Bonchev–Trinajstić information content (AvgIpc) is 2.91. The van der Waals surface area contributed by atoms with E-state index >= 15 is 0 Å². The van der Waals surface area contributed by atoms with Crippen molar-refractivity contribution >= 4 is 5.91 Å². The van der Waals surface area contributed by atoms with E-state index in [4.69, 9.17) is 0 Å². The Hall–Kier alpha value is -1.60. The maximum Gasteiger partial charge on any atom is 0.416 e. The van der Waals surface area contributed by atoms with Crippen molar-refractivity contribution in [1.29, 1.82) is 0 Å². The molecule has 1 aromatic rings. The van der Waals surface area contributed by atoms with Crippen LogP contribution in [0.2, 0.25) is 0 Å². The molecule has 3 unspecified atom stereocenters. The Morgan fingerprint density at radius 2 is 2.17 bits per heavy atom. The minimum absolute atomic E-state index is 0.0713. The molecule has 1 amide bonds. The number of nitrogens with one attached hydrogen (secondary N) is 2. The molecule has 128 valence electrons. The first-order valence-electron chi connectivity index (χ1n) is 7.66. The van der Waals surface area contributed by atoms with Crippen LogP contribution in [0.3, 0.4) is 0 Å². The second-order valence-electron chi connectivity index (χ2n) is 5.81. The Balaban J connectivity index is 2.05. The van der Waals surface area contributed by atoms with E-state index in [1.165, 1.54) is 12.1 Å². The van der Waals surface area contributed by atoms with Crippen molar-refractivity contribution < 1.29 is 23.1 Å². The highest BCUT2D eigenvalue weighted by atomic mass is 19.4. The fourth-order valence-electron chi connectivity index (χ4n) is 2.79. The van der Waals surface area contributed by atoms with Gasteiger partial charge in [-0.2, -0.15) is 13.2 Å². The molecule has 23 heavy (non-hydrogen) atoms. The summed E-state index contributed by atoms with van der Waals surface area (Å²) in [5.74, 6) is -1.02. The van der Waals surface area contributed by atoms with Crippen molar-refractivity contribution in [3.63, 3.8) is 0 Å². The summed E-state index contributed by atoms with van der Waals surface area (Å²) in [6.07, 6.45) is -4.54. The van der Waals surface area contributed by atoms with E-state index in [2.05, 4.69) is 10.6 Å². The molecule has 0 aliphatic carbocycles. The molecule has 0 radical (unpaired) electrons. The average molecular weight is 330 g/mol. The quantitative estimate of drug-likeness (QED) is 0.773. The van der Waals surface area contributed by atoms with Crippen LogP contribution in [0.5, 0.6) is 0 Å². The summed E-state index contributed by atoms with van der Waals surface area (Å²) in [6, 6.07) is 4.88. The van der Waals surface area contributed by atoms with Gasteiger partial charge in [0.05, 0.1) is 17.6 Å². The first-order valence-corrected chi connectivity index (χ1v) is 7.66. The topological polar surface area (TPSA) is 61.4 Å². The van der Waals surface area contributed by atoms with Gasteiger partial charge in [0.15, 0.2) is 0 Å². The zero-order valence-corrected chi connectivity index (χ0v) is 12.9. The highest BCUT2D eigenvalue weighted by Gasteiger charge is 2.32. The van der Waals surface area contributed by atoms with E-state index in [-0.39, 0.29) is 11.8 Å². The van der Waals surface area contributed by atoms with Crippen molar-refractivity contribution in [3.8, 4) is 0 Å². The van der Waals surface area contributed by atoms with Crippen LogP contribution in [-0.4, -0.2) is 36.8 Å². The van der Waals surface area contributed by atoms with Crippen LogP contribution in [0, 0.1) is 5.92 Å². The minimum atomic E-state index is -4.43. The zero-order chi connectivity index (χ0) is 17.0. The summed E-state index contributed by atoms with van der Waals surface area (Å²) in [5.41, 5.74) is -0.401. The van der Waals surface area contributed by atoms with Crippen LogP contribution in [0.15, 0.2) is 24.3 Å². The highest BCUT2D eigenvalue weighted by Crippen LogP contribution is 2.31. The van der Waals surface area contributed by atoms with E-state index in [0.717, 1.165) is 12.1 Å². The van der Waals surface area contributed by atoms with Gasteiger partial charge in [0.25, 0.3) is 0 Å².